The molecule has 2 aliphatic heterocycles. The van der Waals surface area contributed by atoms with Crippen molar-refractivity contribution in [3.8, 4) is 17.2 Å². The van der Waals surface area contributed by atoms with Crippen molar-refractivity contribution in [2.45, 2.75) is 25.7 Å². The van der Waals surface area contributed by atoms with Gasteiger partial charge < -0.3 is 14.6 Å². The van der Waals surface area contributed by atoms with Crippen LogP contribution in [0.25, 0.3) is 0 Å². The molecule has 3 aromatic carbocycles. The van der Waals surface area contributed by atoms with Gasteiger partial charge in [-0.2, -0.15) is 0 Å². The predicted molar refractivity (Wildman–Crippen MR) is 169 cm³/mol. The Kier molecular flexibility index (Phi) is 6.88. The van der Waals surface area contributed by atoms with Gasteiger partial charge in [-0.05, 0) is 79.8 Å². The number of para-hydroxylation sites is 1. The number of phenolic OH excluding ortho intramolecular Hbond substituents is 1. The van der Waals surface area contributed by atoms with Crippen LogP contribution in [-0.2, 0) is 19.2 Å². The summed E-state index contributed by atoms with van der Waals surface area (Å²) in [4.78, 5) is 59.4. The largest absolute Gasteiger partial charge is 0.502 e. The van der Waals surface area contributed by atoms with Crippen molar-refractivity contribution >= 4 is 50.9 Å². The lowest BCUT2D eigenvalue weighted by Gasteiger charge is -2.49. The third-order valence-corrected chi connectivity index (χ3v) is 10.7. The number of rotatable bonds is 5. The molecule has 2 saturated heterocycles. The first-order valence-electron chi connectivity index (χ1n) is 14.8. The Morgan fingerprint density at radius 2 is 1.44 bits per heavy atom. The van der Waals surface area contributed by atoms with Crippen molar-refractivity contribution in [2.75, 3.05) is 24.0 Å². The van der Waals surface area contributed by atoms with E-state index < -0.39 is 35.0 Å². The molecular formula is C35H31BrN2O7. The van der Waals surface area contributed by atoms with Gasteiger partial charge in [-0.15, -0.1) is 0 Å². The van der Waals surface area contributed by atoms with Crippen LogP contribution in [-0.4, -0.2) is 43.0 Å². The Bertz CT molecular complexity index is 1760. The molecule has 1 saturated carbocycles. The number of phenols is 1. The van der Waals surface area contributed by atoms with Crippen LogP contribution in [0.4, 0.5) is 11.4 Å². The predicted octanol–water partition coefficient (Wildman–Crippen LogP) is 5.61. The van der Waals surface area contributed by atoms with Gasteiger partial charge in [0.1, 0.15) is 0 Å². The maximum absolute atomic E-state index is 14.5. The number of benzene rings is 3. The molecule has 4 aliphatic rings. The van der Waals surface area contributed by atoms with Gasteiger partial charge in [-0.3, -0.25) is 24.1 Å². The number of ether oxygens (including phenoxy) is 2. The number of imide groups is 2. The van der Waals surface area contributed by atoms with Gasteiger partial charge in [-0.25, -0.2) is 4.90 Å². The van der Waals surface area contributed by atoms with E-state index in [1.165, 1.54) is 24.0 Å². The lowest BCUT2D eigenvalue weighted by molar-refractivity contribution is -0.131. The minimum atomic E-state index is -1.23. The number of amides is 4. The van der Waals surface area contributed by atoms with Gasteiger partial charge in [0.15, 0.2) is 11.5 Å². The second-order valence-electron chi connectivity index (χ2n) is 12.3. The molecule has 0 radical (unpaired) electrons. The summed E-state index contributed by atoms with van der Waals surface area (Å²) in [5, 5.41) is 10.7. The lowest BCUT2D eigenvalue weighted by atomic mass is 9.51. The Balaban J connectivity index is 1.40. The Labute approximate surface area is 268 Å². The van der Waals surface area contributed by atoms with E-state index in [-0.39, 0.29) is 47.3 Å². The normalized spacial score (nSPS) is 28.9. The molecule has 4 amide bonds. The second kappa shape index (κ2) is 10.6. The Morgan fingerprint density at radius 1 is 0.822 bits per heavy atom. The molecule has 7 rings (SSSR count). The van der Waals surface area contributed by atoms with E-state index in [2.05, 4.69) is 15.9 Å². The molecule has 9 nitrogen and oxygen atoms in total. The second-order valence-corrected chi connectivity index (χ2v) is 13.2. The number of carbonyl (C=O) groups is 4. The van der Waals surface area contributed by atoms with E-state index >= 15 is 0 Å². The monoisotopic (exact) mass is 670 g/mol. The van der Waals surface area contributed by atoms with Gasteiger partial charge >= 0.3 is 0 Å². The molecule has 230 valence electrons. The number of hydrogen-bond acceptors (Lipinski definition) is 7. The van der Waals surface area contributed by atoms with Crippen molar-refractivity contribution in [1.82, 2.24) is 0 Å². The van der Waals surface area contributed by atoms with Crippen LogP contribution in [0.15, 0.2) is 82.9 Å². The molecule has 0 spiro atoms. The summed E-state index contributed by atoms with van der Waals surface area (Å²) in [6, 6.07) is 19.2. The van der Waals surface area contributed by atoms with Crippen LogP contribution in [0.1, 0.15) is 31.2 Å². The van der Waals surface area contributed by atoms with Crippen molar-refractivity contribution in [2.24, 2.45) is 29.1 Å². The number of methoxy groups -OCH3 is 2. The van der Waals surface area contributed by atoms with Crippen LogP contribution in [0.3, 0.4) is 0 Å². The molecule has 1 N–H and O–H groups in total. The number of carbonyl (C=O) groups excluding carboxylic acids is 4. The van der Waals surface area contributed by atoms with Gasteiger partial charge in [0, 0.05) is 10.4 Å². The standard InChI is InChI=1S/C35H31BrN2O7/c1-35-25(32(41)38(34(35)43)20-7-5-4-6-8-20)17-24-22(29(35)18-15-26(44-2)30(39)27(16-18)45-3)13-14-23-28(24)33(42)37(31(23)40)21-11-9-19(36)10-12-21/h4-13,15-16,23-25,28-29,39H,14,17H2,1-3H3/t23-,24+,25-,28-,29-,35+/m0/s1. The average molecular weight is 672 g/mol. The molecule has 3 fully saturated rings. The molecule has 0 unspecified atom stereocenters. The molecule has 0 bridgehead atoms. The number of anilines is 2. The zero-order valence-corrected chi connectivity index (χ0v) is 26.5. The minimum Gasteiger partial charge on any atom is -0.502 e. The number of hydrogen-bond donors (Lipinski definition) is 1. The van der Waals surface area contributed by atoms with E-state index in [4.69, 9.17) is 9.47 Å². The van der Waals surface area contributed by atoms with Crippen LogP contribution >= 0.6 is 15.9 Å². The van der Waals surface area contributed by atoms with Crippen molar-refractivity contribution < 1.29 is 33.8 Å². The number of allylic oxidation sites excluding steroid dienone is 2. The number of fused-ring (bicyclic) bond motifs is 4. The first-order valence-corrected chi connectivity index (χ1v) is 15.6. The maximum Gasteiger partial charge on any atom is 0.241 e. The van der Waals surface area contributed by atoms with Gasteiger partial charge in [0.05, 0.1) is 48.8 Å². The van der Waals surface area contributed by atoms with E-state index in [0.29, 0.717) is 23.4 Å². The Morgan fingerprint density at radius 3 is 2.07 bits per heavy atom. The fraction of sp³-hybridized carbons (Fsp3) is 0.314. The van der Waals surface area contributed by atoms with E-state index in [1.807, 2.05) is 19.1 Å². The highest BCUT2D eigenvalue weighted by molar-refractivity contribution is 9.10. The Hall–Kier alpha value is -4.44. The summed E-state index contributed by atoms with van der Waals surface area (Å²) in [7, 11) is 2.86. The summed E-state index contributed by atoms with van der Waals surface area (Å²) in [6.45, 7) is 1.82. The van der Waals surface area contributed by atoms with Crippen LogP contribution < -0.4 is 19.3 Å². The van der Waals surface area contributed by atoms with Crippen LogP contribution in [0.5, 0.6) is 17.2 Å². The fourth-order valence-corrected chi connectivity index (χ4v) is 8.41. The molecule has 10 heteroatoms. The molecular weight excluding hydrogens is 640 g/mol. The summed E-state index contributed by atoms with van der Waals surface area (Å²) in [6.07, 6.45) is 2.55. The van der Waals surface area contributed by atoms with E-state index in [1.54, 1.807) is 60.7 Å². The molecule has 6 atom stereocenters. The summed E-state index contributed by atoms with van der Waals surface area (Å²) in [5.74, 6) is -4.29. The molecule has 0 aromatic heterocycles. The SMILES string of the molecule is COc1cc([C@H]2C3=CC[C@@H]4C(=O)N(c5ccc(Br)cc5)C(=O)[C@@H]4[C@@H]3C[C@H]3C(=O)N(c4ccccc4)C(=O)[C@@]23C)cc(OC)c1O. The van der Waals surface area contributed by atoms with Crippen LogP contribution in [0.2, 0.25) is 0 Å². The van der Waals surface area contributed by atoms with E-state index in [9.17, 15) is 24.3 Å². The van der Waals surface area contributed by atoms with Crippen molar-refractivity contribution in [3.63, 3.8) is 0 Å². The van der Waals surface area contributed by atoms with Crippen LogP contribution in [0, 0.1) is 29.1 Å². The zero-order valence-electron chi connectivity index (χ0n) is 24.9. The summed E-state index contributed by atoms with van der Waals surface area (Å²) >= 11 is 3.41. The highest BCUT2D eigenvalue weighted by Crippen LogP contribution is 2.64. The fourth-order valence-electron chi connectivity index (χ4n) is 8.14. The van der Waals surface area contributed by atoms with E-state index in [0.717, 1.165) is 10.0 Å². The average Bonchev–Trinajstić information content (AvgIpc) is 3.41. The smallest absolute Gasteiger partial charge is 0.241 e. The first kappa shape index (κ1) is 29.3. The molecule has 2 heterocycles. The third kappa shape index (κ3) is 4.11. The number of halogens is 1. The summed E-state index contributed by atoms with van der Waals surface area (Å²) < 4.78 is 11.8. The van der Waals surface area contributed by atoms with Gasteiger partial charge in [0.2, 0.25) is 29.4 Å². The minimum absolute atomic E-state index is 0.158. The quantitative estimate of drug-likeness (QED) is 0.277. The topological polar surface area (TPSA) is 113 Å². The highest BCUT2D eigenvalue weighted by atomic mass is 79.9. The van der Waals surface area contributed by atoms with Crippen molar-refractivity contribution in [3.05, 3.63) is 88.4 Å². The lowest BCUT2D eigenvalue weighted by Crippen LogP contribution is -2.48. The molecule has 45 heavy (non-hydrogen) atoms. The summed E-state index contributed by atoms with van der Waals surface area (Å²) in [5.41, 5.74) is 1.19. The number of nitrogens with zero attached hydrogens (tertiary/aromatic N) is 2. The molecule has 3 aromatic rings. The maximum atomic E-state index is 14.5. The number of aromatic hydroxyl groups is 1. The zero-order chi connectivity index (χ0) is 31.8. The third-order valence-electron chi connectivity index (χ3n) is 10.2. The van der Waals surface area contributed by atoms with Gasteiger partial charge in [-0.1, -0.05) is 45.8 Å². The highest BCUT2D eigenvalue weighted by Gasteiger charge is 2.67. The molecule has 2 aliphatic carbocycles. The first-order chi connectivity index (χ1) is 21.6. The van der Waals surface area contributed by atoms with Crippen molar-refractivity contribution in [1.29, 1.82) is 0 Å². The van der Waals surface area contributed by atoms with Gasteiger partial charge in [0.25, 0.3) is 0 Å².